The Bertz CT molecular complexity index is 473. The number of nitrogens with zero attached hydrogens (tertiary/aromatic N) is 3. The minimum absolute atomic E-state index is 0.271. The second kappa shape index (κ2) is 4.61. The molecule has 0 amide bonds. The maximum atomic E-state index is 5.73. The van der Waals surface area contributed by atoms with Crippen LogP contribution in [0, 0.1) is 0 Å². The monoisotopic (exact) mass is 218 g/mol. The van der Waals surface area contributed by atoms with Crippen molar-refractivity contribution in [2.24, 2.45) is 12.8 Å². The SMILES string of the molecule is CC(N)CCCc1nc2cccnc2n1C. The van der Waals surface area contributed by atoms with Crippen molar-refractivity contribution in [3.63, 3.8) is 0 Å². The normalized spacial score (nSPS) is 13.2. The van der Waals surface area contributed by atoms with Crippen molar-refractivity contribution >= 4 is 11.2 Å². The van der Waals surface area contributed by atoms with Crippen LogP contribution >= 0.6 is 0 Å². The summed E-state index contributed by atoms with van der Waals surface area (Å²) in [6, 6.07) is 4.19. The lowest BCUT2D eigenvalue weighted by molar-refractivity contribution is 0.606. The number of hydrogen-bond donors (Lipinski definition) is 1. The molecule has 2 N–H and O–H groups in total. The van der Waals surface area contributed by atoms with Gasteiger partial charge in [0.15, 0.2) is 5.65 Å². The van der Waals surface area contributed by atoms with Gasteiger partial charge in [0.1, 0.15) is 11.3 Å². The van der Waals surface area contributed by atoms with E-state index in [1.807, 2.05) is 26.1 Å². The van der Waals surface area contributed by atoms with Crippen molar-refractivity contribution in [3.8, 4) is 0 Å². The highest BCUT2D eigenvalue weighted by Gasteiger charge is 2.07. The summed E-state index contributed by atoms with van der Waals surface area (Å²) in [5.41, 5.74) is 7.66. The number of fused-ring (bicyclic) bond motifs is 1. The standard InChI is InChI=1S/C12H18N4/c1-9(13)5-3-7-11-15-10-6-4-8-14-12(10)16(11)2/h4,6,8-9H,3,5,7,13H2,1-2H3. The van der Waals surface area contributed by atoms with E-state index in [9.17, 15) is 0 Å². The van der Waals surface area contributed by atoms with Gasteiger partial charge in [-0.2, -0.15) is 0 Å². The zero-order valence-corrected chi connectivity index (χ0v) is 9.85. The summed E-state index contributed by atoms with van der Waals surface area (Å²) >= 11 is 0. The van der Waals surface area contributed by atoms with E-state index in [2.05, 4.69) is 14.5 Å². The highest BCUT2D eigenvalue weighted by molar-refractivity contribution is 5.70. The van der Waals surface area contributed by atoms with Gasteiger partial charge in [-0.05, 0) is 31.9 Å². The number of nitrogens with two attached hydrogens (primary N) is 1. The first-order valence-electron chi connectivity index (χ1n) is 5.70. The maximum Gasteiger partial charge on any atom is 0.159 e. The molecule has 4 nitrogen and oxygen atoms in total. The molecule has 0 fully saturated rings. The molecular formula is C12H18N4. The Labute approximate surface area is 95.5 Å². The third-order valence-electron chi connectivity index (χ3n) is 2.78. The van der Waals surface area contributed by atoms with Crippen molar-refractivity contribution in [1.29, 1.82) is 0 Å². The molecule has 0 radical (unpaired) electrons. The van der Waals surface area contributed by atoms with Crippen LogP contribution in [0.2, 0.25) is 0 Å². The van der Waals surface area contributed by atoms with Crippen molar-refractivity contribution in [2.75, 3.05) is 0 Å². The fourth-order valence-corrected chi connectivity index (χ4v) is 1.88. The number of hydrogen-bond acceptors (Lipinski definition) is 3. The first kappa shape index (κ1) is 11.1. The Morgan fingerprint density at radius 1 is 1.50 bits per heavy atom. The van der Waals surface area contributed by atoms with Crippen LogP contribution in [-0.4, -0.2) is 20.6 Å². The van der Waals surface area contributed by atoms with Gasteiger partial charge in [-0.1, -0.05) is 0 Å². The predicted octanol–water partition coefficient (Wildman–Crippen LogP) is 1.64. The summed E-state index contributed by atoms with van der Waals surface area (Å²) in [6.45, 7) is 2.04. The van der Waals surface area contributed by atoms with E-state index in [0.717, 1.165) is 36.3 Å². The van der Waals surface area contributed by atoms with E-state index in [1.165, 1.54) is 0 Å². The van der Waals surface area contributed by atoms with E-state index < -0.39 is 0 Å². The molecule has 0 spiro atoms. The highest BCUT2D eigenvalue weighted by atomic mass is 15.1. The molecule has 0 aliphatic heterocycles. The van der Waals surface area contributed by atoms with Crippen molar-refractivity contribution in [3.05, 3.63) is 24.2 Å². The number of aromatic nitrogens is 3. The summed E-state index contributed by atoms with van der Waals surface area (Å²) in [5.74, 6) is 1.09. The van der Waals surface area contributed by atoms with E-state index in [4.69, 9.17) is 5.73 Å². The van der Waals surface area contributed by atoms with Crippen molar-refractivity contribution in [1.82, 2.24) is 14.5 Å². The fourth-order valence-electron chi connectivity index (χ4n) is 1.88. The van der Waals surface area contributed by atoms with Gasteiger partial charge in [-0.15, -0.1) is 0 Å². The molecule has 0 bridgehead atoms. The summed E-state index contributed by atoms with van der Waals surface area (Å²) in [5, 5.41) is 0. The Balaban J connectivity index is 2.15. The first-order valence-corrected chi connectivity index (χ1v) is 5.70. The average molecular weight is 218 g/mol. The molecule has 2 aromatic heterocycles. The van der Waals surface area contributed by atoms with Crippen LogP contribution in [-0.2, 0) is 13.5 Å². The quantitative estimate of drug-likeness (QED) is 0.848. The number of rotatable bonds is 4. The number of imidazole rings is 1. The van der Waals surface area contributed by atoms with Crippen LogP contribution in [0.4, 0.5) is 0 Å². The molecule has 0 saturated carbocycles. The number of aryl methyl sites for hydroxylation is 2. The van der Waals surface area contributed by atoms with Gasteiger partial charge in [0.05, 0.1) is 0 Å². The van der Waals surface area contributed by atoms with E-state index >= 15 is 0 Å². The lowest BCUT2D eigenvalue weighted by Crippen LogP contribution is -2.14. The molecule has 1 unspecified atom stereocenters. The van der Waals surface area contributed by atoms with Gasteiger partial charge in [0.2, 0.25) is 0 Å². The number of pyridine rings is 1. The Kier molecular flexibility index (Phi) is 3.19. The Morgan fingerprint density at radius 3 is 3.00 bits per heavy atom. The van der Waals surface area contributed by atoms with Gasteiger partial charge in [-0.3, -0.25) is 0 Å². The van der Waals surface area contributed by atoms with Crippen LogP contribution in [0.15, 0.2) is 18.3 Å². The van der Waals surface area contributed by atoms with E-state index in [1.54, 1.807) is 6.20 Å². The second-order valence-electron chi connectivity index (χ2n) is 4.30. The largest absolute Gasteiger partial charge is 0.328 e. The molecular weight excluding hydrogens is 200 g/mol. The summed E-state index contributed by atoms with van der Waals surface area (Å²) in [6.07, 6.45) is 4.88. The molecule has 16 heavy (non-hydrogen) atoms. The third kappa shape index (κ3) is 2.22. The lowest BCUT2D eigenvalue weighted by atomic mass is 10.1. The van der Waals surface area contributed by atoms with Crippen LogP contribution in [0.25, 0.3) is 11.2 Å². The maximum absolute atomic E-state index is 5.73. The zero-order chi connectivity index (χ0) is 11.5. The minimum Gasteiger partial charge on any atom is -0.328 e. The average Bonchev–Trinajstić information content (AvgIpc) is 2.56. The van der Waals surface area contributed by atoms with Crippen molar-refractivity contribution in [2.45, 2.75) is 32.2 Å². The lowest BCUT2D eigenvalue weighted by Gasteiger charge is -2.04. The second-order valence-corrected chi connectivity index (χ2v) is 4.30. The zero-order valence-electron chi connectivity index (χ0n) is 9.85. The highest BCUT2D eigenvalue weighted by Crippen LogP contribution is 2.13. The Morgan fingerprint density at radius 2 is 2.31 bits per heavy atom. The molecule has 0 aliphatic rings. The fraction of sp³-hybridized carbons (Fsp3) is 0.500. The molecule has 2 aromatic rings. The van der Waals surface area contributed by atoms with Gasteiger partial charge in [-0.25, -0.2) is 9.97 Å². The predicted molar refractivity (Wildman–Crippen MR) is 65.1 cm³/mol. The van der Waals surface area contributed by atoms with Crippen LogP contribution in [0.3, 0.4) is 0 Å². The van der Waals surface area contributed by atoms with Crippen LogP contribution in [0.5, 0.6) is 0 Å². The molecule has 1 atom stereocenters. The molecule has 2 heterocycles. The minimum atomic E-state index is 0.271. The van der Waals surface area contributed by atoms with Gasteiger partial charge in [0, 0.05) is 25.7 Å². The summed E-state index contributed by atoms with van der Waals surface area (Å²) < 4.78 is 2.07. The van der Waals surface area contributed by atoms with Crippen LogP contribution < -0.4 is 5.73 Å². The topological polar surface area (TPSA) is 56.7 Å². The Hall–Kier alpha value is -1.42. The summed E-state index contributed by atoms with van der Waals surface area (Å²) in [4.78, 5) is 8.89. The smallest absolute Gasteiger partial charge is 0.159 e. The molecule has 0 aromatic carbocycles. The van der Waals surface area contributed by atoms with Gasteiger partial charge >= 0.3 is 0 Å². The molecule has 2 rings (SSSR count). The molecule has 0 saturated heterocycles. The van der Waals surface area contributed by atoms with Crippen molar-refractivity contribution < 1.29 is 0 Å². The van der Waals surface area contributed by atoms with Crippen LogP contribution in [0.1, 0.15) is 25.6 Å². The van der Waals surface area contributed by atoms with Gasteiger partial charge < -0.3 is 10.3 Å². The van der Waals surface area contributed by atoms with Gasteiger partial charge in [0.25, 0.3) is 0 Å². The third-order valence-corrected chi connectivity index (χ3v) is 2.78. The first-order chi connectivity index (χ1) is 7.68. The van der Waals surface area contributed by atoms with E-state index in [0.29, 0.717) is 0 Å². The van der Waals surface area contributed by atoms with E-state index in [-0.39, 0.29) is 6.04 Å². The molecule has 4 heteroatoms. The molecule has 86 valence electrons. The summed E-state index contributed by atoms with van der Waals surface area (Å²) in [7, 11) is 2.02. The molecule has 0 aliphatic carbocycles.